The fourth-order valence-corrected chi connectivity index (χ4v) is 1.70. The molecule has 0 aromatic heterocycles. The van der Waals surface area contributed by atoms with Gasteiger partial charge in [-0.3, -0.25) is 0 Å². The minimum Gasteiger partial charge on any atom is -0.478 e. The summed E-state index contributed by atoms with van der Waals surface area (Å²) < 4.78 is 0. The zero-order valence-electron chi connectivity index (χ0n) is 10.2. The van der Waals surface area contributed by atoms with Crippen LogP contribution in [0.5, 0.6) is 0 Å². The van der Waals surface area contributed by atoms with Crippen LogP contribution in [-0.2, 0) is 6.54 Å². The molecule has 1 N–H and O–H groups in total. The number of hydrogen-bond donors (Lipinski definition) is 1. The molecule has 0 aliphatic rings. The number of benzene rings is 1. The number of nitrogens with zero attached hydrogens (tertiary/aromatic N) is 1. The number of carboxylic acid groups (broad SMARTS) is 1. The summed E-state index contributed by atoms with van der Waals surface area (Å²) in [5.74, 6) is -0.874. The van der Waals surface area contributed by atoms with Gasteiger partial charge in [0.25, 0.3) is 0 Å². The standard InChI is InChI=1S/C14H19NO2/c1-3-4-5-9-15(2)11-12-7-6-8-13(10-12)14(16)17/h3,6-8,10H,1,4-5,9,11H2,2H3,(H,16,17). The van der Waals surface area contributed by atoms with E-state index in [-0.39, 0.29) is 0 Å². The lowest BCUT2D eigenvalue weighted by Crippen LogP contribution is -2.19. The third-order valence-corrected chi connectivity index (χ3v) is 2.57. The molecule has 1 rings (SSSR count). The third-order valence-electron chi connectivity index (χ3n) is 2.57. The Labute approximate surface area is 102 Å². The monoisotopic (exact) mass is 233 g/mol. The molecule has 3 heteroatoms. The second-order valence-electron chi connectivity index (χ2n) is 4.17. The molecule has 1 aromatic carbocycles. The maximum atomic E-state index is 10.8. The first-order valence-electron chi connectivity index (χ1n) is 5.75. The van der Waals surface area contributed by atoms with Gasteiger partial charge in [0.15, 0.2) is 0 Å². The van der Waals surface area contributed by atoms with Crippen molar-refractivity contribution in [2.75, 3.05) is 13.6 Å². The van der Waals surface area contributed by atoms with Crippen LogP contribution in [0.25, 0.3) is 0 Å². The van der Waals surface area contributed by atoms with Crippen molar-refractivity contribution in [3.05, 3.63) is 48.0 Å². The highest BCUT2D eigenvalue weighted by atomic mass is 16.4. The second-order valence-corrected chi connectivity index (χ2v) is 4.17. The lowest BCUT2D eigenvalue weighted by molar-refractivity contribution is 0.0696. The van der Waals surface area contributed by atoms with E-state index in [0.717, 1.165) is 31.5 Å². The second kappa shape index (κ2) is 6.86. The van der Waals surface area contributed by atoms with E-state index in [9.17, 15) is 4.79 Å². The molecule has 0 radical (unpaired) electrons. The number of carboxylic acids is 1. The van der Waals surface area contributed by atoms with Gasteiger partial charge in [0.05, 0.1) is 5.56 Å². The molecule has 0 saturated carbocycles. The summed E-state index contributed by atoms with van der Waals surface area (Å²) in [5, 5.41) is 8.89. The summed E-state index contributed by atoms with van der Waals surface area (Å²) >= 11 is 0. The lowest BCUT2D eigenvalue weighted by atomic mass is 10.1. The molecule has 0 bridgehead atoms. The average molecular weight is 233 g/mol. The van der Waals surface area contributed by atoms with Crippen LogP contribution < -0.4 is 0 Å². The van der Waals surface area contributed by atoms with Crippen LogP contribution in [0.1, 0.15) is 28.8 Å². The highest BCUT2D eigenvalue weighted by molar-refractivity contribution is 5.87. The number of allylic oxidation sites excluding steroid dienone is 1. The van der Waals surface area contributed by atoms with Gasteiger partial charge in [-0.1, -0.05) is 18.2 Å². The highest BCUT2D eigenvalue weighted by Gasteiger charge is 2.04. The van der Waals surface area contributed by atoms with Gasteiger partial charge in [0, 0.05) is 6.54 Å². The van der Waals surface area contributed by atoms with Crippen LogP contribution in [0.15, 0.2) is 36.9 Å². The molecule has 0 atom stereocenters. The van der Waals surface area contributed by atoms with Crippen molar-refractivity contribution in [1.29, 1.82) is 0 Å². The van der Waals surface area contributed by atoms with Gasteiger partial charge >= 0.3 is 5.97 Å². The van der Waals surface area contributed by atoms with Gasteiger partial charge < -0.3 is 10.0 Å². The largest absolute Gasteiger partial charge is 0.478 e. The van der Waals surface area contributed by atoms with Crippen molar-refractivity contribution < 1.29 is 9.90 Å². The van der Waals surface area contributed by atoms with E-state index in [2.05, 4.69) is 11.5 Å². The van der Waals surface area contributed by atoms with Gasteiger partial charge in [-0.2, -0.15) is 0 Å². The topological polar surface area (TPSA) is 40.5 Å². The van der Waals surface area contributed by atoms with Gasteiger partial charge in [0.1, 0.15) is 0 Å². The number of rotatable bonds is 7. The molecule has 0 heterocycles. The van der Waals surface area contributed by atoms with E-state index in [1.165, 1.54) is 0 Å². The Morgan fingerprint density at radius 1 is 1.53 bits per heavy atom. The summed E-state index contributed by atoms with van der Waals surface area (Å²) in [6.07, 6.45) is 4.01. The molecule has 0 saturated heterocycles. The van der Waals surface area contributed by atoms with E-state index < -0.39 is 5.97 Å². The first-order chi connectivity index (χ1) is 8.13. The normalized spacial score (nSPS) is 10.5. The van der Waals surface area contributed by atoms with Crippen molar-refractivity contribution in [3.63, 3.8) is 0 Å². The Morgan fingerprint density at radius 3 is 2.94 bits per heavy atom. The molecule has 1 aromatic rings. The fraction of sp³-hybridized carbons (Fsp3) is 0.357. The van der Waals surface area contributed by atoms with Crippen molar-refractivity contribution in [1.82, 2.24) is 4.90 Å². The maximum absolute atomic E-state index is 10.8. The maximum Gasteiger partial charge on any atom is 0.335 e. The highest BCUT2D eigenvalue weighted by Crippen LogP contribution is 2.08. The summed E-state index contributed by atoms with van der Waals surface area (Å²) in [6, 6.07) is 7.09. The lowest BCUT2D eigenvalue weighted by Gasteiger charge is -2.16. The van der Waals surface area contributed by atoms with Crippen LogP contribution in [0.3, 0.4) is 0 Å². The number of hydrogen-bond acceptors (Lipinski definition) is 2. The van der Waals surface area contributed by atoms with E-state index >= 15 is 0 Å². The first kappa shape index (κ1) is 13.5. The molecule has 0 aliphatic heterocycles. The Morgan fingerprint density at radius 2 is 2.29 bits per heavy atom. The van der Waals surface area contributed by atoms with Gasteiger partial charge in [-0.25, -0.2) is 4.79 Å². The first-order valence-corrected chi connectivity index (χ1v) is 5.75. The van der Waals surface area contributed by atoms with Crippen molar-refractivity contribution in [2.45, 2.75) is 19.4 Å². The van der Waals surface area contributed by atoms with Gasteiger partial charge in [-0.15, -0.1) is 6.58 Å². The van der Waals surface area contributed by atoms with Crippen LogP contribution >= 0.6 is 0 Å². The van der Waals surface area contributed by atoms with Crippen LogP contribution in [-0.4, -0.2) is 29.6 Å². The quantitative estimate of drug-likeness (QED) is 0.581. The van der Waals surface area contributed by atoms with Crippen molar-refractivity contribution in [2.24, 2.45) is 0 Å². The summed E-state index contributed by atoms with van der Waals surface area (Å²) in [6.45, 7) is 5.45. The van der Waals surface area contributed by atoms with E-state index in [1.54, 1.807) is 18.2 Å². The molecule has 17 heavy (non-hydrogen) atoms. The number of unbranched alkanes of at least 4 members (excludes halogenated alkanes) is 1. The molecular formula is C14H19NO2. The van der Waals surface area contributed by atoms with E-state index in [4.69, 9.17) is 5.11 Å². The zero-order chi connectivity index (χ0) is 12.7. The fourth-order valence-electron chi connectivity index (χ4n) is 1.70. The summed E-state index contributed by atoms with van der Waals surface area (Å²) in [5.41, 5.74) is 1.38. The Hall–Kier alpha value is -1.61. The Balaban J connectivity index is 2.52. The molecule has 0 spiro atoms. The SMILES string of the molecule is C=CCCCN(C)Cc1cccc(C(=O)O)c1. The van der Waals surface area contributed by atoms with E-state index in [1.807, 2.05) is 19.2 Å². The van der Waals surface area contributed by atoms with E-state index in [0.29, 0.717) is 5.56 Å². The van der Waals surface area contributed by atoms with Crippen molar-refractivity contribution >= 4 is 5.97 Å². The molecule has 3 nitrogen and oxygen atoms in total. The Kier molecular flexibility index (Phi) is 5.43. The van der Waals surface area contributed by atoms with Gasteiger partial charge in [-0.05, 0) is 44.1 Å². The predicted molar refractivity (Wildman–Crippen MR) is 69.2 cm³/mol. The molecule has 0 aliphatic carbocycles. The number of carbonyl (C=O) groups is 1. The van der Waals surface area contributed by atoms with Crippen LogP contribution in [0, 0.1) is 0 Å². The predicted octanol–water partition coefficient (Wildman–Crippen LogP) is 2.78. The summed E-state index contributed by atoms with van der Waals surface area (Å²) in [4.78, 5) is 13.0. The molecule has 0 amide bonds. The smallest absolute Gasteiger partial charge is 0.335 e. The molecule has 0 fully saturated rings. The minimum atomic E-state index is -0.874. The summed E-state index contributed by atoms with van der Waals surface area (Å²) in [7, 11) is 2.04. The van der Waals surface area contributed by atoms with Crippen LogP contribution in [0.2, 0.25) is 0 Å². The molecule has 92 valence electrons. The molecule has 0 unspecified atom stereocenters. The van der Waals surface area contributed by atoms with Crippen molar-refractivity contribution in [3.8, 4) is 0 Å². The Bertz CT molecular complexity index is 388. The minimum absolute atomic E-state index is 0.349. The average Bonchev–Trinajstić information content (AvgIpc) is 2.29. The van der Waals surface area contributed by atoms with Crippen LogP contribution in [0.4, 0.5) is 0 Å². The van der Waals surface area contributed by atoms with Gasteiger partial charge in [0.2, 0.25) is 0 Å². The molecular weight excluding hydrogens is 214 g/mol. The third kappa shape index (κ3) is 4.83. The zero-order valence-corrected chi connectivity index (χ0v) is 10.2. The number of aromatic carboxylic acids is 1.